The highest BCUT2D eigenvalue weighted by molar-refractivity contribution is 6.67. The van der Waals surface area contributed by atoms with Gasteiger partial charge in [0, 0.05) is 49.5 Å². The van der Waals surface area contributed by atoms with Crippen LogP contribution in [0.25, 0.3) is 0 Å². The van der Waals surface area contributed by atoms with E-state index in [2.05, 4.69) is 22.1 Å². The molecule has 1 aliphatic heterocycles. The molecule has 3 rings (SSSR count). The number of likely N-dealkylation sites (N-methyl/N-ethyl adjacent to an activating group) is 1. The summed E-state index contributed by atoms with van der Waals surface area (Å²) in [6, 6.07) is 8.62. The number of carbonyl (C=O) groups is 1. The van der Waals surface area contributed by atoms with Gasteiger partial charge in [0.15, 0.2) is 0 Å². The van der Waals surface area contributed by atoms with Crippen LogP contribution in [0.3, 0.4) is 0 Å². The van der Waals surface area contributed by atoms with Crippen LogP contribution >= 0.6 is 11.6 Å². The fourth-order valence-corrected chi connectivity index (χ4v) is 3.80. The van der Waals surface area contributed by atoms with Gasteiger partial charge in [-0.1, -0.05) is 29.7 Å². The molecule has 3 N–H and O–H groups in total. The van der Waals surface area contributed by atoms with Crippen molar-refractivity contribution in [2.24, 2.45) is 0 Å². The van der Waals surface area contributed by atoms with Gasteiger partial charge in [0.25, 0.3) is 5.91 Å². The zero-order valence-electron chi connectivity index (χ0n) is 20.5. The Kier molecular flexibility index (Phi) is 9.27. The number of aryl methyl sites for hydroxylation is 1. The minimum Gasteiger partial charge on any atom is -0.322 e. The van der Waals surface area contributed by atoms with Crippen molar-refractivity contribution in [3.63, 3.8) is 0 Å². The number of nitrogens with zero attached hydrogens (tertiary/aromatic N) is 2. The minimum absolute atomic E-state index is 0.0445. The number of hydrogen-bond donors (Lipinski definition) is 3. The van der Waals surface area contributed by atoms with Crippen LogP contribution in [-0.4, -0.2) is 59.8 Å². The molecule has 0 aliphatic carbocycles. The molecule has 2 aromatic rings. The second-order valence-electron chi connectivity index (χ2n) is 8.78. The number of amides is 1. The predicted molar refractivity (Wildman–Crippen MR) is 141 cm³/mol. The molecule has 37 heavy (non-hydrogen) atoms. The van der Waals surface area contributed by atoms with Crippen LogP contribution in [0.4, 0.5) is 18.9 Å². The van der Waals surface area contributed by atoms with Crippen molar-refractivity contribution >= 4 is 34.1 Å². The van der Waals surface area contributed by atoms with E-state index in [1.807, 2.05) is 11.9 Å². The second-order valence-corrected chi connectivity index (χ2v) is 9.19. The normalized spacial score (nSPS) is 14.8. The summed E-state index contributed by atoms with van der Waals surface area (Å²) in [5, 5.41) is 17.2. The van der Waals surface area contributed by atoms with Crippen molar-refractivity contribution in [3.05, 3.63) is 76.4 Å². The predicted octanol–water partition coefficient (Wildman–Crippen LogP) is 5.16. The summed E-state index contributed by atoms with van der Waals surface area (Å²) in [5.74, 6) is 4.83. The standard InChI is InChI=1S/C27H27ClF3N5O/c1-18-3-4-20(15-19(18)5-7-22(32)8-10-25(28)33)26(37)34-23-9-6-21(24(16-23)27(29,30)31)17-36-13-11-35(2)12-14-36/h3-4,6,8-10,15-16,32-33H,11-14,17H2,1-2H3,(H,34,37)/b10-8-,32-22?,33-25?. The van der Waals surface area contributed by atoms with Crippen molar-refractivity contribution in [2.75, 3.05) is 38.5 Å². The molecule has 0 radical (unpaired) electrons. The van der Waals surface area contributed by atoms with Gasteiger partial charge in [-0.3, -0.25) is 20.5 Å². The molecular weight excluding hydrogens is 503 g/mol. The third-order valence-corrected chi connectivity index (χ3v) is 6.02. The zero-order chi connectivity index (χ0) is 27.2. The highest BCUT2D eigenvalue weighted by Crippen LogP contribution is 2.34. The van der Waals surface area contributed by atoms with Crippen molar-refractivity contribution in [1.29, 1.82) is 10.8 Å². The smallest absolute Gasteiger partial charge is 0.322 e. The van der Waals surface area contributed by atoms with Gasteiger partial charge >= 0.3 is 6.18 Å². The SMILES string of the molecule is Cc1ccc(C(=O)Nc2ccc(CN3CCN(C)CC3)c(C(F)(F)F)c2)cc1C#CC(=N)/C=C\C(=N)Cl. The number of rotatable bonds is 6. The molecule has 1 heterocycles. The Morgan fingerprint density at radius 1 is 1.11 bits per heavy atom. The maximum absolute atomic E-state index is 13.9. The first-order valence-electron chi connectivity index (χ1n) is 11.5. The highest BCUT2D eigenvalue weighted by Gasteiger charge is 2.34. The molecule has 0 bridgehead atoms. The molecule has 0 atom stereocenters. The van der Waals surface area contributed by atoms with Crippen LogP contribution in [0, 0.1) is 29.6 Å². The molecule has 0 spiro atoms. The Labute approximate surface area is 219 Å². The number of hydrogen-bond acceptors (Lipinski definition) is 5. The lowest BCUT2D eigenvalue weighted by Gasteiger charge is -2.33. The molecule has 1 fully saturated rings. The Bertz CT molecular complexity index is 1290. The van der Waals surface area contributed by atoms with Crippen LogP contribution in [0.1, 0.15) is 32.6 Å². The third-order valence-electron chi connectivity index (χ3n) is 5.89. The zero-order valence-corrected chi connectivity index (χ0v) is 21.2. The average molecular weight is 530 g/mol. The van der Waals surface area contributed by atoms with Gasteiger partial charge in [-0.05, 0) is 67.4 Å². The summed E-state index contributed by atoms with van der Waals surface area (Å²) in [7, 11) is 1.98. The van der Waals surface area contributed by atoms with Gasteiger partial charge in [0.1, 0.15) is 10.9 Å². The first-order chi connectivity index (χ1) is 17.4. The van der Waals surface area contributed by atoms with Crippen LogP contribution in [0.15, 0.2) is 48.6 Å². The summed E-state index contributed by atoms with van der Waals surface area (Å²) in [6.45, 7) is 4.96. The van der Waals surface area contributed by atoms with Gasteiger partial charge in [-0.25, -0.2) is 0 Å². The topological polar surface area (TPSA) is 83.3 Å². The van der Waals surface area contributed by atoms with E-state index in [0.717, 1.165) is 24.7 Å². The Balaban J connectivity index is 1.78. The Hall–Kier alpha value is -3.45. The van der Waals surface area contributed by atoms with Crippen molar-refractivity contribution < 1.29 is 18.0 Å². The van der Waals surface area contributed by atoms with E-state index < -0.39 is 17.6 Å². The number of alkyl halides is 3. The van der Waals surface area contributed by atoms with Crippen LogP contribution in [-0.2, 0) is 12.7 Å². The highest BCUT2D eigenvalue weighted by atomic mass is 35.5. The molecule has 6 nitrogen and oxygen atoms in total. The Morgan fingerprint density at radius 3 is 2.46 bits per heavy atom. The lowest BCUT2D eigenvalue weighted by molar-refractivity contribution is -0.138. The van der Waals surface area contributed by atoms with Gasteiger partial charge < -0.3 is 10.2 Å². The van der Waals surface area contributed by atoms with Crippen LogP contribution < -0.4 is 5.32 Å². The number of nitrogens with one attached hydrogen (secondary N) is 3. The van der Waals surface area contributed by atoms with E-state index in [-0.39, 0.29) is 34.2 Å². The molecule has 194 valence electrons. The third kappa shape index (κ3) is 8.29. The van der Waals surface area contributed by atoms with Gasteiger partial charge in [0.05, 0.1) is 5.56 Å². The second kappa shape index (κ2) is 12.2. The summed E-state index contributed by atoms with van der Waals surface area (Å²) in [4.78, 5) is 17.0. The molecular formula is C27H27ClF3N5O. The minimum atomic E-state index is -4.56. The number of piperazine rings is 1. The summed E-state index contributed by atoms with van der Waals surface area (Å²) < 4.78 is 41.6. The molecule has 1 aliphatic rings. The molecule has 1 saturated heterocycles. The van der Waals surface area contributed by atoms with E-state index >= 15 is 0 Å². The van der Waals surface area contributed by atoms with E-state index in [4.69, 9.17) is 22.4 Å². The van der Waals surface area contributed by atoms with E-state index in [1.165, 1.54) is 30.4 Å². The van der Waals surface area contributed by atoms with Crippen molar-refractivity contribution in [1.82, 2.24) is 9.80 Å². The lowest BCUT2D eigenvalue weighted by atomic mass is 10.0. The molecule has 2 aromatic carbocycles. The number of halogens is 4. The largest absolute Gasteiger partial charge is 0.416 e. The molecule has 0 unspecified atom stereocenters. The molecule has 1 amide bonds. The van der Waals surface area contributed by atoms with E-state index in [9.17, 15) is 18.0 Å². The maximum Gasteiger partial charge on any atom is 0.416 e. The first-order valence-corrected chi connectivity index (χ1v) is 11.9. The fourth-order valence-electron chi connectivity index (χ4n) is 3.74. The van der Waals surface area contributed by atoms with Crippen LogP contribution in [0.2, 0.25) is 0 Å². The van der Waals surface area contributed by atoms with Gasteiger partial charge in [0.2, 0.25) is 0 Å². The summed E-state index contributed by atoms with van der Waals surface area (Å²) in [6.07, 6.45) is -2.06. The molecule has 0 saturated carbocycles. The van der Waals surface area contributed by atoms with E-state index in [1.54, 1.807) is 19.1 Å². The van der Waals surface area contributed by atoms with Gasteiger partial charge in [-0.2, -0.15) is 13.2 Å². The summed E-state index contributed by atoms with van der Waals surface area (Å²) >= 11 is 5.42. The van der Waals surface area contributed by atoms with Gasteiger partial charge in [-0.15, -0.1) is 0 Å². The maximum atomic E-state index is 13.9. The molecule has 10 heteroatoms. The van der Waals surface area contributed by atoms with Crippen molar-refractivity contribution in [3.8, 4) is 11.8 Å². The van der Waals surface area contributed by atoms with E-state index in [0.29, 0.717) is 18.7 Å². The lowest BCUT2D eigenvalue weighted by Crippen LogP contribution is -2.44. The number of allylic oxidation sites excluding steroid dienone is 2. The quantitative estimate of drug-likeness (QED) is 0.357. The number of benzene rings is 2. The monoisotopic (exact) mass is 529 g/mol. The fraction of sp³-hybridized carbons (Fsp3) is 0.296. The van der Waals surface area contributed by atoms with Crippen LogP contribution in [0.5, 0.6) is 0 Å². The average Bonchev–Trinajstić information content (AvgIpc) is 2.83. The number of anilines is 1. The summed E-state index contributed by atoms with van der Waals surface area (Å²) in [5.41, 5.74) is 0.845. The Morgan fingerprint density at radius 2 is 1.81 bits per heavy atom. The number of carbonyl (C=O) groups excluding carboxylic acids is 1. The molecule has 0 aromatic heterocycles. The van der Waals surface area contributed by atoms with Crippen molar-refractivity contribution in [2.45, 2.75) is 19.6 Å². The first kappa shape index (κ1) is 28.1.